The highest BCUT2D eigenvalue weighted by Gasteiger charge is 2.39. The second-order valence-electron chi connectivity index (χ2n) is 11.7. The minimum Gasteiger partial charge on any atom is -0.335 e. The van der Waals surface area contributed by atoms with Gasteiger partial charge in [-0.05, 0) is 30.4 Å². The predicted octanol–water partition coefficient (Wildman–Crippen LogP) is 10.7. The summed E-state index contributed by atoms with van der Waals surface area (Å²) in [7, 11) is 0. The van der Waals surface area contributed by atoms with E-state index in [4.69, 9.17) is 4.98 Å². The number of nitrogens with zero attached hydrogens (tertiary/aromatic N) is 2. The van der Waals surface area contributed by atoms with E-state index in [1.165, 1.54) is 107 Å². The first-order valence-electron chi connectivity index (χ1n) is 15.8. The van der Waals surface area contributed by atoms with Crippen molar-refractivity contribution in [3.8, 4) is 0 Å². The Hall–Kier alpha value is -2.35. The normalized spacial score (nSPS) is 13.9. The fraction of sp³-hybridized carbons (Fsp3) is 0.583. The third-order valence-electron chi connectivity index (χ3n) is 8.52. The Kier molecular flexibility index (Phi) is 13.7. The molecule has 1 aromatic heterocycles. The van der Waals surface area contributed by atoms with Crippen LogP contribution in [0.25, 0.3) is 0 Å². The van der Waals surface area contributed by atoms with Crippen LogP contribution in [0, 0.1) is 0 Å². The fourth-order valence-electron chi connectivity index (χ4n) is 6.19. The lowest BCUT2D eigenvalue weighted by Crippen LogP contribution is -2.35. The van der Waals surface area contributed by atoms with Crippen LogP contribution >= 0.6 is 0 Å². The first-order chi connectivity index (χ1) is 18.7. The summed E-state index contributed by atoms with van der Waals surface area (Å²) in [6.07, 6.45) is 23.9. The molecule has 0 amide bonds. The van der Waals surface area contributed by atoms with E-state index in [-0.39, 0.29) is 5.41 Å². The van der Waals surface area contributed by atoms with E-state index in [9.17, 15) is 0 Å². The molecule has 0 spiro atoms. The van der Waals surface area contributed by atoms with Gasteiger partial charge >= 0.3 is 0 Å². The first kappa shape index (κ1) is 30.2. The molecule has 3 rings (SSSR count). The molecule has 208 valence electrons. The van der Waals surface area contributed by atoms with Crippen LogP contribution in [0.4, 0.5) is 0 Å². The highest BCUT2D eigenvalue weighted by molar-refractivity contribution is 5.33. The molecule has 0 N–H and O–H groups in total. The van der Waals surface area contributed by atoms with Crippen molar-refractivity contribution in [1.82, 2.24) is 9.55 Å². The summed E-state index contributed by atoms with van der Waals surface area (Å²) >= 11 is 0. The van der Waals surface area contributed by atoms with Crippen molar-refractivity contribution in [1.29, 1.82) is 0 Å². The third-order valence-corrected chi connectivity index (χ3v) is 8.52. The first-order valence-corrected chi connectivity index (χ1v) is 15.8. The number of imidazole rings is 1. The van der Waals surface area contributed by atoms with Crippen LogP contribution in [0.3, 0.4) is 0 Å². The van der Waals surface area contributed by atoms with Gasteiger partial charge in [0.1, 0.15) is 5.82 Å². The van der Waals surface area contributed by atoms with Crippen molar-refractivity contribution in [2.75, 3.05) is 0 Å². The van der Waals surface area contributed by atoms with Crippen molar-refractivity contribution in [2.24, 2.45) is 0 Å². The zero-order chi connectivity index (χ0) is 26.9. The van der Waals surface area contributed by atoms with E-state index < -0.39 is 0 Å². The molecule has 0 saturated heterocycles. The largest absolute Gasteiger partial charge is 0.335 e. The average Bonchev–Trinajstić information content (AvgIpc) is 3.41. The lowest BCUT2D eigenvalue weighted by atomic mass is 9.66. The van der Waals surface area contributed by atoms with Crippen LogP contribution in [0.5, 0.6) is 0 Å². The van der Waals surface area contributed by atoms with E-state index in [1.54, 1.807) is 0 Å². The third kappa shape index (κ3) is 9.44. The van der Waals surface area contributed by atoms with Gasteiger partial charge in [0.05, 0.1) is 0 Å². The molecule has 2 aromatic carbocycles. The maximum absolute atomic E-state index is 5.08. The Morgan fingerprint density at radius 2 is 1.24 bits per heavy atom. The van der Waals surface area contributed by atoms with E-state index in [0.29, 0.717) is 5.92 Å². The van der Waals surface area contributed by atoms with Gasteiger partial charge in [-0.1, -0.05) is 158 Å². The summed E-state index contributed by atoms with van der Waals surface area (Å²) in [6.45, 7) is 8.18. The van der Waals surface area contributed by atoms with Crippen LogP contribution in [-0.2, 0) is 18.4 Å². The molecular weight excluding hydrogens is 460 g/mol. The van der Waals surface area contributed by atoms with Crippen molar-refractivity contribution in [3.63, 3.8) is 0 Å². The second kappa shape index (κ2) is 17.3. The number of aromatic nitrogens is 2. The van der Waals surface area contributed by atoms with Gasteiger partial charge in [-0.15, -0.1) is 0 Å². The van der Waals surface area contributed by atoms with E-state index >= 15 is 0 Å². The number of rotatable bonds is 20. The Morgan fingerprint density at radius 1 is 0.684 bits per heavy atom. The number of hydrogen-bond donors (Lipinski definition) is 0. The Labute approximate surface area is 234 Å². The van der Waals surface area contributed by atoms with Crippen molar-refractivity contribution < 1.29 is 0 Å². The van der Waals surface area contributed by atoms with Crippen molar-refractivity contribution >= 4 is 0 Å². The molecule has 0 radical (unpaired) electrons. The van der Waals surface area contributed by atoms with Gasteiger partial charge in [0.15, 0.2) is 0 Å². The minimum atomic E-state index is -0.0188. The maximum atomic E-state index is 5.08. The van der Waals surface area contributed by atoms with Gasteiger partial charge < -0.3 is 4.57 Å². The summed E-state index contributed by atoms with van der Waals surface area (Å²) in [5.41, 5.74) is 2.83. The number of benzene rings is 2. The minimum absolute atomic E-state index is 0.0188. The van der Waals surface area contributed by atoms with Gasteiger partial charge in [0.2, 0.25) is 0 Å². The van der Waals surface area contributed by atoms with Gasteiger partial charge in [-0.2, -0.15) is 0 Å². The molecule has 0 fully saturated rings. The van der Waals surface area contributed by atoms with Gasteiger partial charge in [0, 0.05) is 30.3 Å². The van der Waals surface area contributed by atoms with Gasteiger partial charge in [-0.3, -0.25) is 0 Å². The van der Waals surface area contributed by atoms with Crippen LogP contribution < -0.4 is 0 Å². The summed E-state index contributed by atoms with van der Waals surface area (Å²) in [5.74, 6) is 1.68. The topological polar surface area (TPSA) is 17.8 Å². The molecule has 1 heterocycles. The molecule has 0 saturated carbocycles. The fourth-order valence-corrected chi connectivity index (χ4v) is 6.19. The van der Waals surface area contributed by atoms with E-state index in [2.05, 4.69) is 98.4 Å². The van der Waals surface area contributed by atoms with Gasteiger partial charge in [0.25, 0.3) is 0 Å². The highest BCUT2D eigenvalue weighted by atomic mass is 15.1. The average molecular weight is 515 g/mol. The lowest BCUT2D eigenvalue weighted by molar-refractivity contribution is 0.321. The van der Waals surface area contributed by atoms with Crippen LogP contribution in [0.1, 0.15) is 134 Å². The lowest BCUT2D eigenvalue weighted by Gasteiger charge is -2.39. The summed E-state index contributed by atoms with van der Waals surface area (Å²) in [6, 6.07) is 22.4. The quantitative estimate of drug-likeness (QED) is 0.137. The Balaban J connectivity index is 1.83. The van der Waals surface area contributed by atoms with Crippen LogP contribution in [0.15, 0.2) is 73.1 Å². The molecule has 0 bridgehead atoms. The molecule has 2 nitrogen and oxygen atoms in total. The monoisotopic (exact) mass is 514 g/mol. The summed E-state index contributed by atoms with van der Waals surface area (Å²) < 4.78 is 2.49. The molecule has 0 aliphatic rings. The molecule has 0 aliphatic heterocycles. The highest BCUT2D eigenvalue weighted by Crippen LogP contribution is 2.44. The SMILES string of the molecule is CCCCCCCCCCC(c1nccn1CCCCCCC)C(C)(Cc1ccccc1)c1ccccc1. The number of aryl methyl sites for hydroxylation is 1. The molecule has 2 heteroatoms. The molecule has 38 heavy (non-hydrogen) atoms. The molecule has 2 atom stereocenters. The molecular formula is C36H54N2. The van der Waals surface area contributed by atoms with Crippen molar-refractivity contribution in [2.45, 2.75) is 135 Å². The Morgan fingerprint density at radius 3 is 1.87 bits per heavy atom. The predicted molar refractivity (Wildman–Crippen MR) is 165 cm³/mol. The summed E-state index contributed by atoms with van der Waals surface area (Å²) in [4.78, 5) is 5.08. The molecule has 0 aliphatic carbocycles. The summed E-state index contributed by atoms with van der Waals surface area (Å²) in [5, 5.41) is 0. The van der Waals surface area contributed by atoms with E-state index in [0.717, 1.165) is 13.0 Å². The smallest absolute Gasteiger partial charge is 0.112 e. The maximum Gasteiger partial charge on any atom is 0.112 e. The van der Waals surface area contributed by atoms with E-state index in [1.807, 2.05) is 0 Å². The zero-order valence-corrected chi connectivity index (χ0v) is 24.7. The standard InChI is InChI=1S/C36H54N2/c1-4-6-8-10-11-12-13-21-27-34(35-37-28-30-38(35)29-22-14-9-7-5-2)36(3,33-25-19-16-20-26-33)31-32-23-17-15-18-24-32/h15-20,23-26,28,30,34H,4-14,21-22,27,29,31H2,1-3H3. The number of hydrogen-bond acceptors (Lipinski definition) is 1. The van der Waals surface area contributed by atoms with Crippen LogP contribution in [-0.4, -0.2) is 9.55 Å². The van der Waals surface area contributed by atoms with Crippen LogP contribution in [0.2, 0.25) is 0 Å². The second-order valence-corrected chi connectivity index (χ2v) is 11.7. The molecule has 2 unspecified atom stereocenters. The zero-order valence-electron chi connectivity index (χ0n) is 24.7. The van der Waals surface area contributed by atoms with Crippen molar-refractivity contribution in [3.05, 3.63) is 90.0 Å². The Bertz CT molecular complexity index is 977. The number of unbranched alkanes of at least 4 members (excludes halogenated alkanes) is 11. The molecule has 3 aromatic rings. The van der Waals surface area contributed by atoms with Gasteiger partial charge in [-0.25, -0.2) is 4.98 Å².